The minimum Gasteiger partial charge on any atom is -0.389 e. The summed E-state index contributed by atoms with van der Waals surface area (Å²) in [7, 11) is 0. The van der Waals surface area contributed by atoms with Gasteiger partial charge in [-0.1, -0.05) is 34.3 Å². The van der Waals surface area contributed by atoms with Gasteiger partial charge in [0.25, 0.3) is 0 Å². The molecule has 78 valence electrons. The summed E-state index contributed by atoms with van der Waals surface area (Å²) in [6.07, 6.45) is 1.03. The first-order chi connectivity index (χ1) is 5.85. The first-order valence-corrected chi connectivity index (χ1v) is 5.51. The van der Waals surface area contributed by atoms with Gasteiger partial charge >= 0.3 is 0 Å². The minimum absolute atomic E-state index is 0.328. The molecule has 13 heavy (non-hydrogen) atoms. The molecule has 1 N–H and O–H groups in total. The SMILES string of the molecule is C=C(CC(C)(C)C)NCC(C)CS. The summed E-state index contributed by atoms with van der Waals surface area (Å²) in [5, 5.41) is 3.35. The van der Waals surface area contributed by atoms with E-state index >= 15 is 0 Å². The van der Waals surface area contributed by atoms with Gasteiger partial charge in [0, 0.05) is 12.2 Å². The monoisotopic (exact) mass is 201 g/mol. The summed E-state index contributed by atoms with van der Waals surface area (Å²) < 4.78 is 0. The second-order valence-electron chi connectivity index (χ2n) is 5.01. The molecule has 0 aliphatic heterocycles. The highest BCUT2D eigenvalue weighted by molar-refractivity contribution is 7.80. The Bertz CT molecular complexity index is 158. The minimum atomic E-state index is 0.328. The van der Waals surface area contributed by atoms with Crippen molar-refractivity contribution in [3.8, 4) is 0 Å². The first-order valence-electron chi connectivity index (χ1n) is 4.87. The first kappa shape index (κ1) is 12.9. The van der Waals surface area contributed by atoms with Crippen LogP contribution in [0.2, 0.25) is 0 Å². The standard InChI is InChI=1S/C11H23NS/c1-9(8-13)7-12-10(2)6-11(3,4)5/h9,12-13H,2,6-8H2,1,3-5H3. The fraction of sp³-hybridized carbons (Fsp3) is 0.818. The molecule has 0 saturated heterocycles. The van der Waals surface area contributed by atoms with Gasteiger partial charge < -0.3 is 5.32 Å². The highest BCUT2D eigenvalue weighted by Gasteiger charge is 2.11. The Balaban J connectivity index is 3.64. The predicted molar refractivity (Wildman–Crippen MR) is 64.2 cm³/mol. The van der Waals surface area contributed by atoms with Crippen LogP contribution >= 0.6 is 12.6 Å². The lowest BCUT2D eigenvalue weighted by atomic mass is 9.91. The van der Waals surface area contributed by atoms with Crippen molar-refractivity contribution in [2.24, 2.45) is 11.3 Å². The van der Waals surface area contributed by atoms with Crippen molar-refractivity contribution in [3.05, 3.63) is 12.3 Å². The van der Waals surface area contributed by atoms with Crippen molar-refractivity contribution in [2.45, 2.75) is 34.1 Å². The predicted octanol–water partition coefficient (Wildman–Crippen LogP) is 3.09. The van der Waals surface area contributed by atoms with Crippen molar-refractivity contribution in [1.29, 1.82) is 0 Å². The third kappa shape index (κ3) is 8.23. The second kappa shape index (κ2) is 5.58. The van der Waals surface area contributed by atoms with Crippen LogP contribution in [-0.4, -0.2) is 12.3 Å². The highest BCUT2D eigenvalue weighted by Crippen LogP contribution is 2.21. The van der Waals surface area contributed by atoms with E-state index in [0.717, 1.165) is 24.4 Å². The van der Waals surface area contributed by atoms with Crippen molar-refractivity contribution in [2.75, 3.05) is 12.3 Å². The molecule has 0 heterocycles. The van der Waals surface area contributed by atoms with Crippen molar-refractivity contribution >= 4 is 12.6 Å². The normalized spacial score (nSPS) is 13.9. The molecule has 1 atom stereocenters. The molecular weight excluding hydrogens is 178 g/mol. The molecule has 0 aliphatic carbocycles. The van der Waals surface area contributed by atoms with E-state index in [9.17, 15) is 0 Å². The lowest BCUT2D eigenvalue weighted by Gasteiger charge is -2.21. The van der Waals surface area contributed by atoms with Gasteiger partial charge in [-0.25, -0.2) is 0 Å². The Morgan fingerprint density at radius 3 is 2.38 bits per heavy atom. The summed E-state index contributed by atoms with van der Waals surface area (Å²) in [5.41, 5.74) is 1.47. The van der Waals surface area contributed by atoms with Crippen LogP contribution < -0.4 is 5.32 Å². The van der Waals surface area contributed by atoms with Crippen LogP contribution in [0.1, 0.15) is 34.1 Å². The smallest absolute Gasteiger partial charge is 0.0177 e. The molecule has 0 spiro atoms. The quantitative estimate of drug-likeness (QED) is 0.651. The molecule has 2 heteroatoms. The number of hydrogen-bond acceptors (Lipinski definition) is 2. The molecule has 0 fully saturated rings. The molecule has 0 aliphatic rings. The molecule has 0 aromatic carbocycles. The molecular formula is C11H23NS. The molecule has 0 saturated carbocycles. The maximum absolute atomic E-state index is 4.23. The number of thiol groups is 1. The van der Waals surface area contributed by atoms with Gasteiger partial charge in [-0.15, -0.1) is 0 Å². The molecule has 0 aromatic rings. The van der Waals surface area contributed by atoms with Crippen molar-refractivity contribution in [1.82, 2.24) is 5.32 Å². The van der Waals surface area contributed by atoms with Crippen LogP contribution in [0.5, 0.6) is 0 Å². The Morgan fingerprint density at radius 2 is 2.00 bits per heavy atom. The zero-order valence-corrected chi connectivity index (χ0v) is 10.2. The van der Waals surface area contributed by atoms with Gasteiger partial charge in [0.15, 0.2) is 0 Å². The van der Waals surface area contributed by atoms with E-state index in [-0.39, 0.29) is 0 Å². The van der Waals surface area contributed by atoms with Crippen LogP contribution in [0.3, 0.4) is 0 Å². The fourth-order valence-electron chi connectivity index (χ4n) is 1.09. The second-order valence-corrected chi connectivity index (χ2v) is 5.37. The van der Waals surface area contributed by atoms with Gasteiger partial charge in [0.05, 0.1) is 0 Å². The highest BCUT2D eigenvalue weighted by atomic mass is 32.1. The summed E-state index contributed by atoms with van der Waals surface area (Å²) in [6.45, 7) is 13.9. The van der Waals surface area contributed by atoms with Gasteiger partial charge in [-0.05, 0) is 23.5 Å². The fourth-order valence-corrected chi connectivity index (χ4v) is 1.21. The molecule has 1 unspecified atom stereocenters. The van der Waals surface area contributed by atoms with Gasteiger partial charge in [-0.2, -0.15) is 12.6 Å². The van der Waals surface area contributed by atoms with Crippen LogP contribution in [0.15, 0.2) is 12.3 Å². The van der Waals surface area contributed by atoms with Crippen LogP contribution in [0.25, 0.3) is 0 Å². The summed E-state index contributed by atoms with van der Waals surface area (Å²) >= 11 is 4.23. The molecule has 0 rings (SSSR count). The van der Waals surface area contributed by atoms with Gasteiger partial charge in [-0.3, -0.25) is 0 Å². The van der Waals surface area contributed by atoms with Gasteiger partial charge in [0.1, 0.15) is 0 Å². The third-order valence-electron chi connectivity index (χ3n) is 1.76. The summed E-state index contributed by atoms with van der Waals surface area (Å²) in [4.78, 5) is 0. The summed E-state index contributed by atoms with van der Waals surface area (Å²) in [5.74, 6) is 1.54. The molecule has 0 radical (unpaired) electrons. The number of rotatable bonds is 5. The van der Waals surface area contributed by atoms with Crippen molar-refractivity contribution in [3.63, 3.8) is 0 Å². The Hall–Kier alpha value is -0.110. The van der Waals surface area contributed by atoms with E-state index in [0.29, 0.717) is 11.3 Å². The largest absolute Gasteiger partial charge is 0.389 e. The zero-order valence-electron chi connectivity index (χ0n) is 9.35. The molecule has 1 nitrogen and oxygen atoms in total. The van der Waals surface area contributed by atoms with E-state index in [1.807, 2.05) is 0 Å². The lowest BCUT2D eigenvalue weighted by Crippen LogP contribution is -2.23. The van der Waals surface area contributed by atoms with Crippen LogP contribution in [-0.2, 0) is 0 Å². The maximum Gasteiger partial charge on any atom is 0.0177 e. The van der Waals surface area contributed by atoms with Gasteiger partial charge in [0.2, 0.25) is 0 Å². The van der Waals surface area contributed by atoms with E-state index in [2.05, 4.69) is 52.2 Å². The topological polar surface area (TPSA) is 12.0 Å². The average Bonchev–Trinajstić information content (AvgIpc) is 1.97. The summed E-state index contributed by atoms with van der Waals surface area (Å²) in [6, 6.07) is 0. The lowest BCUT2D eigenvalue weighted by molar-refractivity contribution is 0.395. The molecule has 0 amide bonds. The van der Waals surface area contributed by atoms with E-state index in [1.165, 1.54) is 0 Å². The average molecular weight is 201 g/mol. The molecule has 0 bridgehead atoms. The Morgan fingerprint density at radius 1 is 1.46 bits per heavy atom. The number of allylic oxidation sites excluding steroid dienone is 1. The number of nitrogens with one attached hydrogen (secondary N) is 1. The van der Waals surface area contributed by atoms with E-state index in [1.54, 1.807) is 0 Å². The Kier molecular flexibility index (Phi) is 5.54. The zero-order chi connectivity index (χ0) is 10.5. The van der Waals surface area contributed by atoms with E-state index < -0.39 is 0 Å². The number of hydrogen-bond donors (Lipinski definition) is 2. The van der Waals surface area contributed by atoms with Crippen LogP contribution in [0, 0.1) is 11.3 Å². The van der Waals surface area contributed by atoms with E-state index in [4.69, 9.17) is 0 Å². The van der Waals surface area contributed by atoms with Crippen molar-refractivity contribution < 1.29 is 0 Å². The molecule has 0 aromatic heterocycles. The Labute approximate surface area is 88.4 Å². The van der Waals surface area contributed by atoms with Crippen LogP contribution in [0.4, 0.5) is 0 Å². The third-order valence-corrected chi connectivity index (χ3v) is 2.38. The maximum atomic E-state index is 4.23.